The van der Waals surface area contributed by atoms with E-state index in [1.54, 1.807) is 0 Å². The summed E-state index contributed by atoms with van der Waals surface area (Å²) in [6.45, 7) is 5.86. The van der Waals surface area contributed by atoms with E-state index in [0.29, 0.717) is 6.04 Å². The summed E-state index contributed by atoms with van der Waals surface area (Å²) in [4.78, 5) is 2.48. The van der Waals surface area contributed by atoms with Crippen LogP contribution in [0.15, 0.2) is 24.3 Å². The highest BCUT2D eigenvalue weighted by Gasteiger charge is 2.22. The fourth-order valence-electron chi connectivity index (χ4n) is 2.35. The average Bonchev–Trinajstić information content (AvgIpc) is 2.37. The first-order valence-electron chi connectivity index (χ1n) is 6.37. The maximum atomic E-state index is 5.59. The molecule has 1 unspecified atom stereocenters. The van der Waals surface area contributed by atoms with Crippen LogP contribution in [0.5, 0.6) is 0 Å². The maximum absolute atomic E-state index is 5.59. The number of nitrogens with one attached hydrogen (secondary N) is 1. The molecule has 94 valence electrons. The highest BCUT2D eigenvalue weighted by Crippen LogP contribution is 2.22. The topological polar surface area (TPSA) is 24.5 Å². The number of morpholine rings is 1. The predicted octanol–water partition coefficient (Wildman–Crippen LogP) is 1.81. The third-order valence-electron chi connectivity index (χ3n) is 3.29. The zero-order valence-electron chi connectivity index (χ0n) is 10.8. The summed E-state index contributed by atoms with van der Waals surface area (Å²) in [5.74, 6) is 0. The van der Waals surface area contributed by atoms with Crippen molar-refractivity contribution in [1.82, 2.24) is 5.32 Å². The maximum Gasteiger partial charge on any atom is 0.0671 e. The minimum absolute atomic E-state index is 0.498. The number of hydrogen-bond donors (Lipinski definition) is 1. The van der Waals surface area contributed by atoms with Gasteiger partial charge in [-0.25, -0.2) is 0 Å². The molecule has 1 aromatic rings. The van der Waals surface area contributed by atoms with Gasteiger partial charge in [0.1, 0.15) is 0 Å². The normalized spacial score (nSPS) is 20.6. The van der Waals surface area contributed by atoms with E-state index < -0.39 is 0 Å². The lowest BCUT2D eigenvalue weighted by Gasteiger charge is -2.37. The van der Waals surface area contributed by atoms with E-state index >= 15 is 0 Å². The van der Waals surface area contributed by atoms with E-state index in [-0.39, 0.29) is 0 Å². The summed E-state index contributed by atoms with van der Waals surface area (Å²) in [7, 11) is 2.00. The van der Waals surface area contributed by atoms with Crippen molar-refractivity contribution in [1.29, 1.82) is 0 Å². The molecule has 2 rings (SSSR count). The molecule has 1 aromatic carbocycles. The van der Waals surface area contributed by atoms with Crippen LogP contribution in [0.4, 0.5) is 5.69 Å². The summed E-state index contributed by atoms with van der Waals surface area (Å²) in [6.07, 6.45) is 1.13. The van der Waals surface area contributed by atoms with E-state index in [4.69, 9.17) is 4.74 Å². The van der Waals surface area contributed by atoms with Gasteiger partial charge >= 0.3 is 0 Å². The molecule has 0 aromatic heterocycles. The Kier molecular flexibility index (Phi) is 4.40. The molecule has 1 atom stereocenters. The van der Waals surface area contributed by atoms with Crippen LogP contribution in [0.1, 0.15) is 12.0 Å². The van der Waals surface area contributed by atoms with Crippen LogP contribution >= 0.6 is 0 Å². The second kappa shape index (κ2) is 6.03. The Bertz CT molecular complexity index is 354. The van der Waals surface area contributed by atoms with Crippen LogP contribution in [0, 0.1) is 6.92 Å². The molecule has 0 bridgehead atoms. The lowest BCUT2D eigenvalue weighted by molar-refractivity contribution is 0.0917. The molecule has 0 saturated carbocycles. The smallest absolute Gasteiger partial charge is 0.0671 e. The van der Waals surface area contributed by atoms with Crippen LogP contribution < -0.4 is 10.2 Å². The van der Waals surface area contributed by atoms with Crippen LogP contribution in [0.25, 0.3) is 0 Å². The number of rotatable bonds is 4. The molecule has 1 heterocycles. The summed E-state index contributed by atoms with van der Waals surface area (Å²) >= 11 is 0. The summed E-state index contributed by atoms with van der Waals surface area (Å²) in [5.41, 5.74) is 2.65. The van der Waals surface area contributed by atoms with Crippen LogP contribution in [-0.4, -0.2) is 39.4 Å². The van der Waals surface area contributed by atoms with E-state index in [1.165, 1.54) is 11.3 Å². The molecular formula is C14H22N2O. The number of aryl methyl sites for hydroxylation is 1. The lowest BCUT2D eigenvalue weighted by atomic mass is 10.1. The van der Waals surface area contributed by atoms with E-state index in [9.17, 15) is 0 Å². The number of benzene rings is 1. The average molecular weight is 234 g/mol. The first kappa shape index (κ1) is 12.4. The molecule has 3 heteroatoms. The van der Waals surface area contributed by atoms with Gasteiger partial charge in [-0.2, -0.15) is 0 Å². The Hall–Kier alpha value is -1.06. The van der Waals surface area contributed by atoms with Gasteiger partial charge < -0.3 is 15.0 Å². The molecule has 17 heavy (non-hydrogen) atoms. The van der Waals surface area contributed by atoms with Crippen molar-refractivity contribution < 1.29 is 4.74 Å². The second-order valence-corrected chi connectivity index (χ2v) is 4.65. The molecule has 0 radical (unpaired) electrons. The third-order valence-corrected chi connectivity index (χ3v) is 3.29. The second-order valence-electron chi connectivity index (χ2n) is 4.65. The minimum atomic E-state index is 0.498. The van der Waals surface area contributed by atoms with Gasteiger partial charge in [-0.3, -0.25) is 0 Å². The summed E-state index contributed by atoms with van der Waals surface area (Å²) in [6, 6.07) is 9.24. The van der Waals surface area contributed by atoms with Crippen molar-refractivity contribution in [2.45, 2.75) is 19.4 Å². The van der Waals surface area contributed by atoms with Gasteiger partial charge in [0.15, 0.2) is 0 Å². The molecule has 0 spiro atoms. The molecule has 1 fully saturated rings. The van der Waals surface area contributed by atoms with Gasteiger partial charge in [0.05, 0.1) is 19.3 Å². The first-order valence-corrected chi connectivity index (χ1v) is 6.37. The van der Waals surface area contributed by atoms with E-state index in [0.717, 1.165) is 32.7 Å². The number of hydrogen-bond acceptors (Lipinski definition) is 3. The Morgan fingerprint density at radius 3 is 3.12 bits per heavy atom. The predicted molar refractivity (Wildman–Crippen MR) is 71.7 cm³/mol. The van der Waals surface area contributed by atoms with Gasteiger partial charge in [0.25, 0.3) is 0 Å². The Morgan fingerprint density at radius 1 is 1.47 bits per heavy atom. The van der Waals surface area contributed by atoms with Gasteiger partial charge in [0.2, 0.25) is 0 Å². The molecule has 3 nitrogen and oxygen atoms in total. The molecule has 0 aliphatic carbocycles. The van der Waals surface area contributed by atoms with Crippen molar-refractivity contribution in [3.8, 4) is 0 Å². The molecule has 1 N–H and O–H groups in total. The Labute approximate surface area is 104 Å². The van der Waals surface area contributed by atoms with Gasteiger partial charge in [0, 0.05) is 12.2 Å². The Morgan fingerprint density at radius 2 is 2.35 bits per heavy atom. The number of ether oxygens (including phenoxy) is 1. The van der Waals surface area contributed by atoms with Gasteiger partial charge in [-0.15, -0.1) is 0 Å². The van der Waals surface area contributed by atoms with E-state index in [2.05, 4.69) is 41.4 Å². The van der Waals surface area contributed by atoms with Crippen molar-refractivity contribution in [3.05, 3.63) is 29.8 Å². The third kappa shape index (κ3) is 3.20. The zero-order valence-corrected chi connectivity index (χ0v) is 10.8. The van der Waals surface area contributed by atoms with Crippen molar-refractivity contribution >= 4 is 5.69 Å². The van der Waals surface area contributed by atoms with Crippen LogP contribution in [0.2, 0.25) is 0 Å². The van der Waals surface area contributed by atoms with Crippen molar-refractivity contribution in [3.63, 3.8) is 0 Å². The molecule has 0 amide bonds. The largest absolute Gasteiger partial charge is 0.377 e. The van der Waals surface area contributed by atoms with E-state index in [1.807, 2.05) is 7.05 Å². The summed E-state index contributed by atoms with van der Waals surface area (Å²) in [5, 5.41) is 3.22. The molecule has 1 aliphatic heterocycles. The van der Waals surface area contributed by atoms with Crippen molar-refractivity contribution in [2.24, 2.45) is 0 Å². The minimum Gasteiger partial charge on any atom is -0.377 e. The van der Waals surface area contributed by atoms with Crippen LogP contribution in [-0.2, 0) is 4.74 Å². The fourth-order valence-corrected chi connectivity index (χ4v) is 2.35. The molecule has 1 saturated heterocycles. The van der Waals surface area contributed by atoms with Crippen molar-refractivity contribution in [2.75, 3.05) is 38.3 Å². The molecular weight excluding hydrogens is 212 g/mol. The monoisotopic (exact) mass is 234 g/mol. The SMILES string of the molecule is CNCCC1COCCN1c1cccc(C)c1. The summed E-state index contributed by atoms with van der Waals surface area (Å²) < 4.78 is 5.59. The highest BCUT2D eigenvalue weighted by molar-refractivity contribution is 5.49. The first-order chi connectivity index (χ1) is 8.31. The number of nitrogens with zero attached hydrogens (tertiary/aromatic N) is 1. The quantitative estimate of drug-likeness (QED) is 0.860. The standard InChI is InChI=1S/C14H22N2O/c1-12-4-3-5-13(10-12)16-8-9-17-11-14(16)6-7-15-2/h3-5,10,14-15H,6-9,11H2,1-2H3. The molecule has 1 aliphatic rings. The zero-order chi connectivity index (χ0) is 12.1. The van der Waals surface area contributed by atoms with Gasteiger partial charge in [-0.05, 0) is 44.6 Å². The number of anilines is 1. The Balaban J connectivity index is 2.10. The van der Waals surface area contributed by atoms with Crippen LogP contribution in [0.3, 0.4) is 0 Å². The fraction of sp³-hybridized carbons (Fsp3) is 0.571. The lowest BCUT2D eigenvalue weighted by Crippen LogP contribution is -2.46. The highest BCUT2D eigenvalue weighted by atomic mass is 16.5. The van der Waals surface area contributed by atoms with Gasteiger partial charge in [-0.1, -0.05) is 12.1 Å².